The number of nitrogens with one attached hydrogen (secondary N) is 1. The molecule has 164 valence electrons. The zero-order valence-electron chi connectivity index (χ0n) is 16.2. The van der Waals surface area contributed by atoms with Gasteiger partial charge < -0.3 is 15.0 Å². The normalized spacial score (nSPS) is 16.8. The Morgan fingerprint density at radius 1 is 1.30 bits per heavy atom. The van der Waals surface area contributed by atoms with Gasteiger partial charge >= 0.3 is 12.1 Å². The van der Waals surface area contributed by atoms with Gasteiger partial charge in [-0.2, -0.15) is 24.5 Å². The lowest BCUT2D eigenvalue weighted by molar-refractivity contribution is -0.192. The summed E-state index contributed by atoms with van der Waals surface area (Å²) in [5.41, 5.74) is 2.35. The first-order valence-corrected chi connectivity index (χ1v) is 10.5. The number of carbonyl (C=O) groups is 2. The van der Waals surface area contributed by atoms with Gasteiger partial charge in [0.1, 0.15) is 5.82 Å². The molecular formula is C19H23F3N4O3S. The summed E-state index contributed by atoms with van der Waals surface area (Å²) in [7, 11) is 0. The van der Waals surface area contributed by atoms with E-state index in [1.54, 1.807) is 11.3 Å². The van der Waals surface area contributed by atoms with Crippen LogP contribution in [-0.2, 0) is 35.8 Å². The van der Waals surface area contributed by atoms with Crippen LogP contribution in [0.3, 0.4) is 0 Å². The van der Waals surface area contributed by atoms with Crippen molar-refractivity contribution in [2.45, 2.75) is 51.6 Å². The van der Waals surface area contributed by atoms with E-state index in [1.807, 2.05) is 0 Å². The summed E-state index contributed by atoms with van der Waals surface area (Å²) in [5, 5.41) is 14.5. The van der Waals surface area contributed by atoms with Crippen LogP contribution in [0.5, 0.6) is 0 Å². The number of thiophene rings is 1. The first kappa shape index (κ1) is 22.3. The number of carboxylic acid groups (broad SMARTS) is 1. The molecule has 2 N–H and O–H groups in total. The zero-order valence-corrected chi connectivity index (χ0v) is 17.0. The number of hydrogen-bond acceptors (Lipinski definition) is 5. The number of aliphatic carboxylic acids is 1. The van der Waals surface area contributed by atoms with E-state index >= 15 is 0 Å². The van der Waals surface area contributed by atoms with Crippen molar-refractivity contribution in [1.29, 1.82) is 0 Å². The number of amides is 1. The number of halogens is 3. The second kappa shape index (κ2) is 9.61. The Hall–Kier alpha value is -2.40. The maximum Gasteiger partial charge on any atom is 0.490 e. The fraction of sp³-hybridized carbons (Fsp3) is 0.526. The van der Waals surface area contributed by atoms with Gasteiger partial charge in [-0.3, -0.25) is 9.69 Å². The maximum absolute atomic E-state index is 11.9. The lowest BCUT2D eigenvalue weighted by Gasteiger charge is -2.27. The summed E-state index contributed by atoms with van der Waals surface area (Å²) in [5.74, 6) is -1.21. The van der Waals surface area contributed by atoms with Gasteiger partial charge in [0.25, 0.3) is 0 Å². The third-order valence-electron chi connectivity index (χ3n) is 5.08. The van der Waals surface area contributed by atoms with E-state index < -0.39 is 12.1 Å². The number of fused-ring (bicyclic) bond motifs is 1. The number of nitrogens with zero attached hydrogens (tertiary/aromatic N) is 3. The highest BCUT2D eigenvalue weighted by Crippen LogP contribution is 2.26. The second-order valence-corrected chi connectivity index (χ2v) is 8.11. The van der Waals surface area contributed by atoms with Gasteiger partial charge in [0.2, 0.25) is 5.91 Å². The highest BCUT2D eigenvalue weighted by atomic mass is 32.1. The van der Waals surface area contributed by atoms with Crippen LogP contribution in [0, 0.1) is 5.92 Å². The minimum absolute atomic E-state index is 0.196. The van der Waals surface area contributed by atoms with Crippen molar-refractivity contribution in [2.75, 3.05) is 6.54 Å². The van der Waals surface area contributed by atoms with Crippen molar-refractivity contribution in [2.24, 2.45) is 5.92 Å². The third kappa shape index (κ3) is 6.05. The van der Waals surface area contributed by atoms with E-state index in [2.05, 4.69) is 37.8 Å². The predicted octanol–water partition coefficient (Wildman–Crippen LogP) is 3.01. The Morgan fingerprint density at radius 3 is 2.60 bits per heavy atom. The van der Waals surface area contributed by atoms with Crippen molar-refractivity contribution < 1.29 is 27.9 Å². The van der Waals surface area contributed by atoms with Gasteiger partial charge in [-0.25, -0.2) is 9.78 Å². The van der Waals surface area contributed by atoms with Crippen molar-refractivity contribution in [3.63, 3.8) is 0 Å². The lowest BCUT2D eigenvalue weighted by Crippen LogP contribution is -2.34. The molecule has 1 amide bonds. The molecule has 30 heavy (non-hydrogen) atoms. The van der Waals surface area contributed by atoms with Crippen molar-refractivity contribution in [3.05, 3.63) is 40.1 Å². The topological polar surface area (TPSA) is 87.5 Å². The average Bonchev–Trinajstić information content (AvgIpc) is 3.27. The number of alkyl halides is 3. The van der Waals surface area contributed by atoms with Crippen molar-refractivity contribution >= 4 is 23.2 Å². The Morgan fingerprint density at radius 2 is 2.03 bits per heavy atom. The molecule has 0 spiro atoms. The number of carbonyl (C=O) groups excluding carboxylic acids is 1. The Balaban J connectivity index is 0.000000318. The molecule has 7 nitrogen and oxygen atoms in total. The fourth-order valence-corrected chi connectivity index (χ4v) is 3.87. The number of imidazole rings is 1. The minimum atomic E-state index is -5.08. The molecule has 3 heterocycles. The van der Waals surface area contributed by atoms with Crippen LogP contribution in [0.2, 0.25) is 0 Å². The largest absolute Gasteiger partial charge is 0.490 e. The monoisotopic (exact) mass is 444 g/mol. The summed E-state index contributed by atoms with van der Waals surface area (Å²) in [4.78, 5) is 28.0. The maximum atomic E-state index is 11.9. The zero-order chi connectivity index (χ0) is 21.7. The second-order valence-electron chi connectivity index (χ2n) is 7.33. The fourth-order valence-electron chi connectivity index (χ4n) is 3.21. The quantitative estimate of drug-likeness (QED) is 0.740. The Kier molecular flexibility index (Phi) is 7.14. The highest BCUT2D eigenvalue weighted by molar-refractivity contribution is 7.07. The van der Waals surface area contributed by atoms with Gasteiger partial charge in [0, 0.05) is 31.7 Å². The molecule has 1 fully saturated rings. The molecule has 2 aliphatic rings. The molecule has 1 aliphatic carbocycles. The number of hydrogen-bond donors (Lipinski definition) is 2. The molecule has 1 saturated carbocycles. The van der Waals surface area contributed by atoms with Crippen LogP contribution < -0.4 is 5.32 Å². The smallest absolute Gasteiger partial charge is 0.475 e. The molecule has 0 bridgehead atoms. The van der Waals surface area contributed by atoms with E-state index in [1.165, 1.54) is 12.0 Å². The molecule has 2 aromatic heterocycles. The van der Waals surface area contributed by atoms with E-state index in [4.69, 9.17) is 14.9 Å². The molecule has 2 aromatic rings. The molecule has 11 heteroatoms. The van der Waals surface area contributed by atoms with Crippen LogP contribution in [0.4, 0.5) is 13.2 Å². The predicted molar refractivity (Wildman–Crippen MR) is 104 cm³/mol. The van der Waals surface area contributed by atoms with Crippen molar-refractivity contribution in [1.82, 2.24) is 19.8 Å². The molecule has 0 atom stereocenters. The van der Waals surface area contributed by atoms with Crippen LogP contribution >= 0.6 is 11.3 Å². The summed E-state index contributed by atoms with van der Waals surface area (Å²) >= 11 is 1.75. The summed E-state index contributed by atoms with van der Waals surface area (Å²) in [6.07, 6.45) is 0.293. The van der Waals surface area contributed by atoms with Crippen LogP contribution in [0.15, 0.2) is 23.0 Å². The van der Waals surface area contributed by atoms with E-state index in [0.29, 0.717) is 6.54 Å². The molecule has 0 radical (unpaired) electrons. The van der Waals surface area contributed by atoms with E-state index in [9.17, 15) is 18.0 Å². The molecule has 0 saturated heterocycles. The first-order valence-electron chi connectivity index (χ1n) is 9.58. The van der Waals surface area contributed by atoms with E-state index in [0.717, 1.165) is 50.5 Å². The van der Waals surface area contributed by atoms with Gasteiger partial charge in [-0.05, 0) is 35.2 Å². The van der Waals surface area contributed by atoms with Gasteiger partial charge in [0.15, 0.2) is 0 Å². The summed E-state index contributed by atoms with van der Waals surface area (Å²) in [6, 6.07) is 2.19. The number of rotatable bonds is 5. The number of aromatic nitrogens is 2. The Bertz CT molecular complexity index is 863. The molecular weight excluding hydrogens is 421 g/mol. The van der Waals surface area contributed by atoms with Gasteiger partial charge in [0.05, 0.1) is 18.8 Å². The summed E-state index contributed by atoms with van der Waals surface area (Å²) in [6.45, 7) is 4.45. The summed E-state index contributed by atoms with van der Waals surface area (Å²) < 4.78 is 34.0. The molecule has 4 rings (SSSR count). The average molecular weight is 444 g/mol. The lowest BCUT2D eigenvalue weighted by atomic mass is 9.85. The van der Waals surface area contributed by atoms with Crippen molar-refractivity contribution in [3.8, 4) is 0 Å². The first-order chi connectivity index (χ1) is 14.2. The van der Waals surface area contributed by atoms with Crippen LogP contribution in [0.25, 0.3) is 0 Å². The number of carboxylic acids is 1. The molecule has 0 aromatic carbocycles. The molecule has 1 aliphatic heterocycles. The Labute approximate surface area is 175 Å². The standard InChI is InChI=1S/C17H22N4OS.C2HF3O2/c22-17(14-2-1-3-14)18-8-15-10-21-6-5-20(11-16(21)19-15)9-13-4-7-23-12-13;3-2(4,5)1(6)7/h4,7,10,12,14H,1-3,5-6,8-9,11H2,(H,18,22);(H,6,7). The van der Waals surface area contributed by atoms with Gasteiger partial charge in [-0.15, -0.1) is 0 Å². The van der Waals surface area contributed by atoms with Crippen LogP contribution in [-0.4, -0.2) is 44.2 Å². The van der Waals surface area contributed by atoms with E-state index in [-0.39, 0.29) is 11.8 Å². The SMILES string of the molecule is O=C(NCc1cn2c(n1)CN(Cc1ccsc1)CC2)C1CCC1.O=C(O)C(F)(F)F. The molecule has 0 unspecified atom stereocenters. The third-order valence-corrected chi connectivity index (χ3v) is 5.81. The minimum Gasteiger partial charge on any atom is -0.475 e. The highest BCUT2D eigenvalue weighted by Gasteiger charge is 2.38. The van der Waals surface area contributed by atoms with Crippen LogP contribution in [0.1, 0.15) is 36.3 Å². The van der Waals surface area contributed by atoms with Gasteiger partial charge in [-0.1, -0.05) is 6.42 Å².